The number of aromatic nitrogens is 1. The van der Waals surface area contributed by atoms with Gasteiger partial charge in [0, 0.05) is 12.4 Å². The molecular formula is C17H17F3N2O2. The SMILES string of the molecule is CC(Oc1ccccc1C(F)(F)F)C(=O)NC(C)c1cccnc1. The molecule has 2 rings (SSSR count). The first-order valence-corrected chi connectivity index (χ1v) is 7.32. The van der Waals surface area contributed by atoms with Crippen molar-refractivity contribution in [2.45, 2.75) is 32.2 Å². The number of ether oxygens (including phenoxy) is 1. The van der Waals surface area contributed by atoms with E-state index in [0.717, 1.165) is 11.6 Å². The molecule has 0 aliphatic rings. The molecule has 1 aromatic carbocycles. The molecule has 1 aromatic heterocycles. The average molecular weight is 338 g/mol. The number of nitrogens with zero attached hydrogens (tertiary/aromatic N) is 1. The van der Waals surface area contributed by atoms with Crippen LogP contribution < -0.4 is 10.1 Å². The van der Waals surface area contributed by atoms with Gasteiger partial charge in [0.1, 0.15) is 5.75 Å². The highest BCUT2D eigenvalue weighted by atomic mass is 19.4. The molecule has 24 heavy (non-hydrogen) atoms. The molecule has 0 saturated heterocycles. The van der Waals surface area contributed by atoms with Crippen molar-refractivity contribution in [3.63, 3.8) is 0 Å². The van der Waals surface area contributed by atoms with Crippen LogP contribution in [0, 0.1) is 0 Å². The van der Waals surface area contributed by atoms with Crippen molar-refractivity contribution in [3.8, 4) is 5.75 Å². The summed E-state index contributed by atoms with van der Waals surface area (Å²) in [6, 6.07) is 7.99. The van der Waals surface area contributed by atoms with Crippen LogP contribution in [-0.2, 0) is 11.0 Å². The van der Waals surface area contributed by atoms with Crippen LogP contribution in [0.1, 0.15) is 31.0 Å². The van der Waals surface area contributed by atoms with Crippen molar-refractivity contribution in [2.24, 2.45) is 0 Å². The fraction of sp³-hybridized carbons (Fsp3) is 0.294. The second-order valence-electron chi connectivity index (χ2n) is 5.27. The molecule has 0 radical (unpaired) electrons. The second kappa shape index (κ2) is 7.33. The van der Waals surface area contributed by atoms with Crippen molar-refractivity contribution in [2.75, 3.05) is 0 Å². The minimum Gasteiger partial charge on any atom is -0.480 e. The number of benzene rings is 1. The standard InChI is InChI=1S/C17H17F3N2O2/c1-11(13-6-5-9-21-10-13)22-16(23)12(2)24-15-8-4-3-7-14(15)17(18,19)20/h3-12H,1-2H3,(H,22,23). The summed E-state index contributed by atoms with van der Waals surface area (Å²) in [6.45, 7) is 3.16. The van der Waals surface area contributed by atoms with Gasteiger partial charge in [-0.3, -0.25) is 9.78 Å². The quantitative estimate of drug-likeness (QED) is 0.903. The molecule has 2 unspecified atom stereocenters. The maximum atomic E-state index is 12.9. The fourth-order valence-electron chi connectivity index (χ4n) is 2.09. The van der Waals surface area contributed by atoms with Gasteiger partial charge < -0.3 is 10.1 Å². The molecule has 0 aliphatic carbocycles. The molecule has 1 amide bonds. The first kappa shape index (κ1) is 17.8. The van der Waals surface area contributed by atoms with Crippen LogP contribution in [0.4, 0.5) is 13.2 Å². The predicted octanol–water partition coefficient (Wildman–Crippen LogP) is 3.75. The smallest absolute Gasteiger partial charge is 0.419 e. The monoisotopic (exact) mass is 338 g/mol. The first-order valence-electron chi connectivity index (χ1n) is 7.32. The maximum Gasteiger partial charge on any atom is 0.419 e. The number of hydrogen-bond donors (Lipinski definition) is 1. The van der Waals surface area contributed by atoms with E-state index in [1.165, 1.54) is 25.1 Å². The Morgan fingerprint density at radius 1 is 1.17 bits per heavy atom. The van der Waals surface area contributed by atoms with E-state index in [9.17, 15) is 18.0 Å². The molecule has 4 nitrogen and oxygen atoms in total. The highest BCUT2D eigenvalue weighted by Crippen LogP contribution is 2.36. The lowest BCUT2D eigenvalue weighted by Crippen LogP contribution is -2.38. The Labute approximate surface area is 137 Å². The van der Waals surface area contributed by atoms with Gasteiger partial charge >= 0.3 is 6.18 Å². The lowest BCUT2D eigenvalue weighted by molar-refractivity contribution is -0.140. The van der Waals surface area contributed by atoms with E-state index in [1.54, 1.807) is 31.5 Å². The van der Waals surface area contributed by atoms with Crippen LogP contribution in [0.25, 0.3) is 0 Å². The van der Waals surface area contributed by atoms with E-state index in [2.05, 4.69) is 10.3 Å². The molecule has 0 aliphatic heterocycles. The van der Waals surface area contributed by atoms with Gasteiger partial charge in [0.05, 0.1) is 11.6 Å². The highest BCUT2D eigenvalue weighted by molar-refractivity contribution is 5.81. The third-order valence-corrected chi connectivity index (χ3v) is 3.41. The van der Waals surface area contributed by atoms with Crippen LogP contribution >= 0.6 is 0 Å². The zero-order valence-corrected chi connectivity index (χ0v) is 13.2. The number of carbonyl (C=O) groups excluding carboxylic acids is 1. The summed E-state index contributed by atoms with van der Waals surface area (Å²) in [5.41, 5.74) is -0.126. The summed E-state index contributed by atoms with van der Waals surface area (Å²) in [4.78, 5) is 16.1. The van der Waals surface area contributed by atoms with Crippen molar-refractivity contribution < 1.29 is 22.7 Å². The minimum atomic E-state index is -4.55. The van der Waals surface area contributed by atoms with Crippen LogP contribution in [0.15, 0.2) is 48.8 Å². The summed E-state index contributed by atoms with van der Waals surface area (Å²) in [7, 11) is 0. The van der Waals surface area contributed by atoms with E-state index < -0.39 is 23.8 Å². The van der Waals surface area contributed by atoms with Crippen LogP contribution in [0.2, 0.25) is 0 Å². The number of hydrogen-bond acceptors (Lipinski definition) is 3. The number of rotatable bonds is 5. The van der Waals surface area contributed by atoms with Crippen molar-refractivity contribution in [3.05, 3.63) is 59.9 Å². The Kier molecular flexibility index (Phi) is 5.43. The van der Waals surface area contributed by atoms with Crippen LogP contribution in [-0.4, -0.2) is 17.0 Å². The van der Waals surface area contributed by atoms with Crippen molar-refractivity contribution in [1.82, 2.24) is 10.3 Å². The van der Waals surface area contributed by atoms with Crippen molar-refractivity contribution in [1.29, 1.82) is 0 Å². The number of alkyl halides is 3. The topological polar surface area (TPSA) is 51.2 Å². The molecule has 0 bridgehead atoms. The molecule has 0 saturated carbocycles. The van der Waals surface area contributed by atoms with Crippen molar-refractivity contribution >= 4 is 5.91 Å². The zero-order valence-electron chi connectivity index (χ0n) is 13.2. The van der Waals surface area contributed by atoms with Gasteiger partial charge in [0.15, 0.2) is 6.10 Å². The summed E-state index contributed by atoms with van der Waals surface area (Å²) < 4.78 is 44.1. The minimum absolute atomic E-state index is 0.338. The molecule has 2 aromatic rings. The Balaban J connectivity index is 2.05. The molecule has 7 heteroatoms. The molecule has 0 spiro atoms. The van der Waals surface area contributed by atoms with E-state index >= 15 is 0 Å². The normalized spacial score (nSPS) is 13.9. The lowest BCUT2D eigenvalue weighted by Gasteiger charge is -2.20. The van der Waals surface area contributed by atoms with Gasteiger partial charge in [-0.2, -0.15) is 13.2 Å². The molecule has 1 N–H and O–H groups in total. The van der Waals surface area contributed by atoms with E-state index in [-0.39, 0.29) is 11.8 Å². The van der Waals surface area contributed by atoms with Gasteiger partial charge in [-0.1, -0.05) is 18.2 Å². The molecule has 1 heterocycles. The van der Waals surface area contributed by atoms with Crippen LogP contribution in [0.5, 0.6) is 5.75 Å². The highest BCUT2D eigenvalue weighted by Gasteiger charge is 2.34. The average Bonchev–Trinajstić information content (AvgIpc) is 2.55. The Morgan fingerprint density at radius 3 is 2.50 bits per heavy atom. The summed E-state index contributed by atoms with van der Waals surface area (Å²) in [6.07, 6.45) is -2.41. The number of amides is 1. The summed E-state index contributed by atoms with van der Waals surface area (Å²) >= 11 is 0. The number of halogens is 3. The summed E-state index contributed by atoms with van der Waals surface area (Å²) in [5.74, 6) is -0.884. The molecule has 0 fully saturated rings. The number of carbonyl (C=O) groups is 1. The Bertz CT molecular complexity index is 690. The number of para-hydroxylation sites is 1. The van der Waals surface area contributed by atoms with E-state index in [1.807, 2.05) is 0 Å². The number of nitrogens with one attached hydrogen (secondary N) is 1. The second-order valence-corrected chi connectivity index (χ2v) is 5.27. The Hall–Kier alpha value is -2.57. The molecule has 2 atom stereocenters. The molecular weight excluding hydrogens is 321 g/mol. The summed E-state index contributed by atoms with van der Waals surface area (Å²) in [5, 5.41) is 2.69. The zero-order chi connectivity index (χ0) is 17.7. The van der Waals surface area contributed by atoms with E-state index in [4.69, 9.17) is 4.74 Å². The van der Waals surface area contributed by atoms with Gasteiger partial charge in [-0.05, 0) is 37.6 Å². The lowest BCUT2D eigenvalue weighted by atomic mass is 10.1. The first-order chi connectivity index (χ1) is 11.3. The van der Waals surface area contributed by atoms with Gasteiger partial charge in [0.2, 0.25) is 0 Å². The van der Waals surface area contributed by atoms with Gasteiger partial charge in [0.25, 0.3) is 5.91 Å². The third-order valence-electron chi connectivity index (χ3n) is 3.41. The van der Waals surface area contributed by atoms with Crippen LogP contribution in [0.3, 0.4) is 0 Å². The van der Waals surface area contributed by atoms with E-state index in [0.29, 0.717) is 0 Å². The number of pyridine rings is 1. The third kappa shape index (κ3) is 4.47. The molecule has 128 valence electrons. The Morgan fingerprint density at radius 2 is 1.88 bits per heavy atom. The fourth-order valence-corrected chi connectivity index (χ4v) is 2.09. The van der Waals surface area contributed by atoms with Gasteiger partial charge in [-0.25, -0.2) is 0 Å². The maximum absolute atomic E-state index is 12.9. The largest absolute Gasteiger partial charge is 0.480 e. The van der Waals surface area contributed by atoms with Gasteiger partial charge in [-0.15, -0.1) is 0 Å². The predicted molar refractivity (Wildman–Crippen MR) is 82.3 cm³/mol.